The van der Waals surface area contributed by atoms with Crippen LogP contribution >= 0.6 is 0 Å². The lowest BCUT2D eigenvalue weighted by Gasteiger charge is -2.16. The summed E-state index contributed by atoms with van der Waals surface area (Å²) >= 11 is 0. The summed E-state index contributed by atoms with van der Waals surface area (Å²) in [6.45, 7) is 1.96. The number of aromatic nitrogens is 3. The van der Waals surface area contributed by atoms with Gasteiger partial charge < -0.3 is 15.2 Å². The Bertz CT molecular complexity index is 585. The van der Waals surface area contributed by atoms with Gasteiger partial charge in [0.2, 0.25) is 11.9 Å². The third-order valence-corrected chi connectivity index (χ3v) is 3.33. The topological polar surface area (TPSA) is 77.0 Å². The highest BCUT2D eigenvalue weighted by Gasteiger charge is 2.20. The van der Waals surface area contributed by atoms with Crippen LogP contribution in [0.25, 0.3) is 11.0 Å². The number of fused-ring (bicyclic) bond motifs is 1. The van der Waals surface area contributed by atoms with E-state index in [4.69, 9.17) is 5.73 Å². The SMILES string of the molecule is Nc1nc2cnccc2n1CC(=O)N1CCCC1. The van der Waals surface area contributed by atoms with E-state index in [1.54, 1.807) is 17.0 Å². The zero-order chi connectivity index (χ0) is 12.5. The molecule has 1 saturated heterocycles. The lowest BCUT2D eigenvalue weighted by Crippen LogP contribution is -2.31. The second kappa shape index (κ2) is 4.29. The molecular weight excluding hydrogens is 230 g/mol. The second-order valence-electron chi connectivity index (χ2n) is 4.51. The molecule has 6 heteroatoms. The molecule has 2 aromatic heterocycles. The average molecular weight is 245 g/mol. The molecule has 2 N–H and O–H groups in total. The molecule has 1 aliphatic rings. The normalized spacial score (nSPS) is 15.4. The van der Waals surface area contributed by atoms with Crippen LogP contribution in [0, 0.1) is 0 Å². The maximum atomic E-state index is 12.1. The quantitative estimate of drug-likeness (QED) is 0.842. The maximum absolute atomic E-state index is 12.1. The first-order valence-electron chi connectivity index (χ1n) is 6.09. The first-order valence-corrected chi connectivity index (χ1v) is 6.09. The molecule has 0 aromatic carbocycles. The highest BCUT2D eigenvalue weighted by molar-refractivity contribution is 5.82. The Kier molecular flexibility index (Phi) is 2.62. The summed E-state index contributed by atoms with van der Waals surface area (Å²) in [7, 11) is 0. The Morgan fingerprint density at radius 1 is 1.39 bits per heavy atom. The van der Waals surface area contributed by atoms with Crippen molar-refractivity contribution in [3.8, 4) is 0 Å². The first-order chi connectivity index (χ1) is 8.75. The van der Waals surface area contributed by atoms with Crippen molar-refractivity contribution in [2.75, 3.05) is 18.8 Å². The highest BCUT2D eigenvalue weighted by atomic mass is 16.2. The number of nitrogens with zero attached hydrogens (tertiary/aromatic N) is 4. The van der Waals surface area contributed by atoms with E-state index in [0.717, 1.165) is 37.0 Å². The fourth-order valence-electron chi connectivity index (χ4n) is 2.37. The standard InChI is InChI=1S/C12H15N5O/c13-12-15-9-7-14-4-3-10(9)17(12)8-11(18)16-5-1-2-6-16/h3-4,7H,1-2,5-6,8H2,(H2,13,15). The van der Waals surface area contributed by atoms with Crippen LogP contribution in [0.5, 0.6) is 0 Å². The maximum Gasteiger partial charge on any atom is 0.242 e. The summed E-state index contributed by atoms with van der Waals surface area (Å²) in [5.41, 5.74) is 7.44. The fourth-order valence-corrected chi connectivity index (χ4v) is 2.37. The molecule has 6 nitrogen and oxygen atoms in total. The third-order valence-electron chi connectivity index (χ3n) is 3.33. The van der Waals surface area contributed by atoms with Crippen molar-refractivity contribution in [3.63, 3.8) is 0 Å². The zero-order valence-electron chi connectivity index (χ0n) is 10.0. The number of nitrogen functional groups attached to an aromatic ring is 1. The van der Waals surface area contributed by atoms with Gasteiger partial charge in [0.15, 0.2) is 0 Å². The first kappa shape index (κ1) is 11.0. The Morgan fingerprint density at radius 3 is 2.94 bits per heavy atom. The molecular formula is C12H15N5O. The van der Waals surface area contributed by atoms with Gasteiger partial charge in [-0.2, -0.15) is 0 Å². The van der Waals surface area contributed by atoms with Crippen molar-refractivity contribution in [1.29, 1.82) is 0 Å². The number of rotatable bonds is 2. The van der Waals surface area contributed by atoms with Crippen molar-refractivity contribution in [2.45, 2.75) is 19.4 Å². The van der Waals surface area contributed by atoms with Gasteiger partial charge in [0, 0.05) is 19.3 Å². The van der Waals surface area contributed by atoms with Crippen molar-refractivity contribution in [1.82, 2.24) is 19.4 Å². The number of likely N-dealkylation sites (tertiary alicyclic amines) is 1. The molecule has 2 aromatic rings. The van der Waals surface area contributed by atoms with Gasteiger partial charge in [0.05, 0.1) is 11.7 Å². The average Bonchev–Trinajstić information content (AvgIpc) is 2.98. The summed E-state index contributed by atoms with van der Waals surface area (Å²) in [4.78, 5) is 22.2. The van der Waals surface area contributed by atoms with E-state index in [0.29, 0.717) is 5.95 Å². The molecule has 0 saturated carbocycles. The van der Waals surface area contributed by atoms with E-state index in [1.165, 1.54) is 0 Å². The molecule has 3 rings (SSSR count). The molecule has 0 unspecified atom stereocenters. The summed E-state index contributed by atoms with van der Waals surface area (Å²) in [6, 6.07) is 1.83. The van der Waals surface area contributed by atoms with Crippen LogP contribution in [-0.4, -0.2) is 38.4 Å². The minimum absolute atomic E-state index is 0.107. The van der Waals surface area contributed by atoms with E-state index in [2.05, 4.69) is 9.97 Å². The van der Waals surface area contributed by atoms with Crippen LogP contribution in [0.1, 0.15) is 12.8 Å². The van der Waals surface area contributed by atoms with Gasteiger partial charge >= 0.3 is 0 Å². The van der Waals surface area contributed by atoms with Crippen molar-refractivity contribution in [3.05, 3.63) is 18.5 Å². The molecule has 18 heavy (non-hydrogen) atoms. The van der Waals surface area contributed by atoms with Gasteiger partial charge in [-0.3, -0.25) is 9.78 Å². The molecule has 3 heterocycles. The number of carbonyl (C=O) groups is 1. The van der Waals surface area contributed by atoms with E-state index in [-0.39, 0.29) is 12.5 Å². The number of anilines is 1. The van der Waals surface area contributed by atoms with Crippen LogP contribution in [0.3, 0.4) is 0 Å². The monoisotopic (exact) mass is 245 g/mol. The Hall–Kier alpha value is -2.11. The minimum Gasteiger partial charge on any atom is -0.369 e. The van der Waals surface area contributed by atoms with Gasteiger partial charge in [0.1, 0.15) is 12.1 Å². The van der Waals surface area contributed by atoms with Crippen LogP contribution < -0.4 is 5.73 Å². The van der Waals surface area contributed by atoms with E-state index >= 15 is 0 Å². The lowest BCUT2D eigenvalue weighted by atomic mass is 10.4. The molecule has 0 atom stereocenters. The van der Waals surface area contributed by atoms with E-state index < -0.39 is 0 Å². The molecule has 0 radical (unpaired) electrons. The van der Waals surface area contributed by atoms with Gasteiger partial charge in [-0.15, -0.1) is 0 Å². The third kappa shape index (κ3) is 1.79. The summed E-state index contributed by atoms with van der Waals surface area (Å²) in [6.07, 6.45) is 5.52. The summed E-state index contributed by atoms with van der Waals surface area (Å²) in [5.74, 6) is 0.473. The predicted octanol–water partition coefficient (Wildman–Crippen LogP) is 0.636. The Balaban J connectivity index is 1.89. The Labute approximate surface area is 104 Å². The largest absolute Gasteiger partial charge is 0.369 e. The number of pyridine rings is 1. The molecule has 0 bridgehead atoms. The van der Waals surface area contributed by atoms with Crippen molar-refractivity contribution < 1.29 is 4.79 Å². The number of imidazole rings is 1. The summed E-state index contributed by atoms with van der Waals surface area (Å²) in [5, 5.41) is 0. The fraction of sp³-hybridized carbons (Fsp3) is 0.417. The number of hydrogen-bond acceptors (Lipinski definition) is 4. The van der Waals surface area contributed by atoms with Crippen LogP contribution in [-0.2, 0) is 11.3 Å². The molecule has 0 spiro atoms. The Morgan fingerprint density at radius 2 is 2.17 bits per heavy atom. The van der Waals surface area contributed by atoms with Crippen LogP contribution in [0.2, 0.25) is 0 Å². The smallest absolute Gasteiger partial charge is 0.242 e. The van der Waals surface area contributed by atoms with Gasteiger partial charge in [-0.1, -0.05) is 0 Å². The van der Waals surface area contributed by atoms with Crippen LogP contribution in [0.4, 0.5) is 5.95 Å². The number of nitrogens with two attached hydrogens (primary N) is 1. The molecule has 1 amide bonds. The predicted molar refractivity (Wildman–Crippen MR) is 67.8 cm³/mol. The molecule has 1 fully saturated rings. The van der Waals surface area contributed by atoms with E-state index in [1.807, 2.05) is 11.0 Å². The van der Waals surface area contributed by atoms with E-state index in [9.17, 15) is 4.79 Å². The lowest BCUT2D eigenvalue weighted by molar-refractivity contribution is -0.130. The summed E-state index contributed by atoms with van der Waals surface area (Å²) < 4.78 is 1.75. The highest BCUT2D eigenvalue weighted by Crippen LogP contribution is 2.17. The zero-order valence-corrected chi connectivity index (χ0v) is 10.0. The number of hydrogen-bond donors (Lipinski definition) is 1. The van der Waals surface area contributed by atoms with Crippen LogP contribution in [0.15, 0.2) is 18.5 Å². The minimum atomic E-state index is 0.107. The van der Waals surface area contributed by atoms with Crippen molar-refractivity contribution >= 4 is 22.9 Å². The molecule has 94 valence electrons. The van der Waals surface area contributed by atoms with Crippen molar-refractivity contribution in [2.24, 2.45) is 0 Å². The second-order valence-corrected chi connectivity index (χ2v) is 4.51. The number of amides is 1. The molecule has 1 aliphatic heterocycles. The number of carbonyl (C=O) groups excluding carboxylic acids is 1. The van der Waals surface area contributed by atoms with Gasteiger partial charge in [-0.05, 0) is 18.9 Å². The van der Waals surface area contributed by atoms with Gasteiger partial charge in [-0.25, -0.2) is 4.98 Å². The van der Waals surface area contributed by atoms with Gasteiger partial charge in [0.25, 0.3) is 0 Å². The molecule has 0 aliphatic carbocycles.